The molecule has 0 radical (unpaired) electrons. The summed E-state index contributed by atoms with van der Waals surface area (Å²) in [4.78, 5) is 12.3. The van der Waals surface area contributed by atoms with Gasteiger partial charge in [-0.25, -0.2) is 13.1 Å². The molecule has 2 aromatic rings. The Morgan fingerprint density at radius 1 is 1.08 bits per heavy atom. The van der Waals surface area contributed by atoms with Crippen LogP contribution in [0.15, 0.2) is 53.4 Å². The lowest BCUT2D eigenvalue weighted by atomic mass is 10.1. The summed E-state index contributed by atoms with van der Waals surface area (Å²) < 4.78 is 31.4. The Kier molecular flexibility index (Phi) is 6.69. The van der Waals surface area contributed by atoms with Gasteiger partial charge in [-0.15, -0.1) is 0 Å². The Morgan fingerprint density at radius 2 is 1.76 bits per heavy atom. The van der Waals surface area contributed by atoms with Crippen molar-refractivity contribution in [2.75, 3.05) is 20.3 Å². The Hall–Kier alpha value is -2.22. The molecule has 0 spiro atoms. The molecule has 0 atom stereocenters. The van der Waals surface area contributed by atoms with E-state index in [1.807, 2.05) is 31.2 Å². The van der Waals surface area contributed by atoms with Crippen LogP contribution in [0.4, 0.5) is 0 Å². The molecule has 0 bridgehead atoms. The van der Waals surface area contributed by atoms with Gasteiger partial charge < -0.3 is 10.1 Å². The number of methoxy groups -OCH3 is 1. The normalized spacial score (nSPS) is 11.3. The van der Waals surface area contributed by atoms with E-state index >= 15 is 0 Å². The Labute approximate surface area is 148 Å². The number of sulfonamides is 1. The lowest BCUT2D eigenvalue weighted by molar-refractivity contribution is 0.0951. The predicted octanol–water partition coefficient (Wildman–Crippen LogP) is 1.85. The molecular weight excluding hydrogens is 340 g/mol. The lowest BCUT2D eigenvalue weighted by Crippen LogP contribution is -2.27. The second-order valence-corrected chi connectivity index (χ2v) is 7.29. The molecule has 0 aliphatic carbocycles. The summed E-state index contributed by atoms with van der Waals surface area (Å²) in [5.41, 5.74) is 2.55. The van der Waals surface area contributed by atoms with Crippen molar-refractivity contribution in [3.05, 3.63) is 65.2 Å². The molecule has 2 aromatic carbocycles. The summed E-state index contributed by atoms with van der Waals surface area (Å²) in [5, 5.41) is 2.84. The zero-order valence-corrected chi connectivity index (χ0v) is 15.1. The number of benzene rings is 2. The highest BCUT2D eigenvalue weighted by Crippen LogP contribution is 2.11. The molecule has 6 nitrogen and oxygen atoms in total. The van der Waals surface area contributed by atoms with Gasteiger partial charge in [-0.3, -0.25) is 4.79 Å². The van der Waals surface area contributed by atoms with E-state index in [0.29, 0.717) is 18.7 Å². The topological polar surface area (TPSA) is 84.5 Å². The highest BCUT2D eigenvalue weighted by molar-refractivity contribution is 7.89. The van der Waals surface area contributed by atoms with Gasteiger partial charge in [-0.1, -0.05) is 24.3 Å². The number of hydrogen-bond donors (Lipinski definition) is 2. The van der Waals surface area contributed by atoms with Crippen LogP contribution in [0.2, 0.25) is 0 Å². The monoisotopic (exact) mass is 362 g/mol. The molecule has 134 valence electrons. The zero-order chi connectivity index (χ0) is 18.3. The Morgan fingerprint density at radius 3 is 2.40 bits per heavy atom. The number of carbonyl (C=O) groups excluding carboxylic acids is 1. The summed E-state index contributed by atoms with van der Waals surface area (Å²) >= 11 is 0. The largest absolute Gasteiger partial charge is 0.383 e. The number of aryl methyl sites for hydroxylation is 1. The maximum atomic E-state index is 12.2. The second kappa shape index (κ2) is 8.75. The maximum absolute atomic E-state index is 12.2. The number of carbonyl (C=O) groups is 1. The minimum atomic E-state index is -3.60. The fourth-order valence-corrected chi connectivity index (χ4v) is 3.25. The Bertz CT molecular complexity index is 817. The lowest BCUT2D eigenvalue weighted by Gasteiger charge is -2.09. The van der Waals surface area contributed by atoms with Gasteiger partial charge in [-0.05, 0) is 42.3 Å². The third kappa shape index (κ3) is 5.38. The Balaban J connectivity index is 1.99. The molecule has 2 rings (SSSR count). The quantitative estimate of drug-likeness (QED) is 0.702. The summed E-state index contributed by atoms with van der Waals surface area (Å²) in [7, 11) is -2.10. The van der Waals surface area contributed by atoms with Crippen LogP contribution in [0.5, 0.6) is 0 Å². The van der Waals surface area contributed by atoms with Gasteiger partial charge in [0.15, 0.2) is 0 Å². The van der Waals surface area contributed by atoms with Gasteiger partial charge >= 0.3 is 0 Å². The average molecular weight is 362 g/mol. The van der Waals surface area contributed by atoms with E-state index in [4.69, 9.17) is 4.74 Å². The van der Waals surface area contributed by atoms with E-state index in [-0.39, 0.29) is 17.3 Å². The zero-order valence-electron chi connectivity index (χ0n) is 14.3. The van der Waals surface area contributed by atoms with Crippen LogP contribution in [0.25, 0.3) is 0 Å². The minimum absolute atomic E-state index is 0.110. The first-order valence-corrected chi connectivity index (χ1v) is 9.34. The van der Waals surface area contributed by atoms with Crippen molar-refractivity contribution in [3.8, 4) is 0 Å². The molecule has 0 aliphatic heterocycles. The van der Waals surface area contributed by atoms with Gasteiger partial charge in [0, 0.05) is 25.8 Å². The number of nitrogens with one attached hydrogen (secondary N) is 2. The summed E-state index contributed by atoms with van der Waals surface area (Å²) in [6.45, 7) is 2.89. The molecular formula is C18H22N2O4S. The van der Waals surface area contributed by atoms with E-state index in [1.165, 1.54) is 31.4 Å². The average Bonchev–Trinajstić information content (AvgIpc) is 2.61. The van der Waals surface area contributed by atoms with E-state index < -0.39 is 10.0 Å². The molecule has 0 aromatic heterocycles. The van der Waals surface area contributed by atoms with Crippen molar-refractivity contribution in [2.24, 2.45) is 0 Å². The first kappa shape index (κ1) is 19.1. The standard InChI is InChI=1S/C18H22N2O4S/c1-14-5-3-4-6-16(14)13-19-18(21)15-7-9-17(10-8-15)25(22,23)20-11-12-24-2/h3-10,20H,11-13H2,1-2H3,(H,19,21). The molecule has 0 heterocycles. The first-order chi connectivity index (χ1) is 11.9. The fraction of sp³-hybridized carbons (Fsp3) is 0.278. The predicted molar refractivity (Wildman–Crippen MR) is 95.9 cm³/mol. The van der Waals surface area contributed by atoms with Gasteiger partial charge in [0.05, 0.1) is 11.5 Å². The minimum Gasteiger partial charge on any atom is -0.383 e. The van der Waals surface area contributed by atoms with Crippen molar-refractivity contribution >= 4 is 15.9 Å². The summed E-state index contributed by atoms with van der Waals surface area (Å²) in [6.07, 6.45) is 0. The van der Waals surface area contributed by atoms with Crippen LogP contribution in [0, 0.1) is 6.92 Å². The highest BCUT2D eigenvalue weighted by atomic mass is 32.2. The fourth-order valence-electron chi connectivity index (χ4n) is 2.23. The van der Waals surface area contributed by atoms with Gasteiger partial charge in [0.2, 0.25) is 10.0 Å². The van der Waals surface area contributed by atoms with E-state index in [9.17, 15) is 13.2 Å². The van der Waals surface area contributed by atoms with Gasteiger partial charge in [0.25, 0.3) is 5.91 Å². The molecule has 2 N–H and O–H groups in total. The van der Waals surface area contributed by atoms with Crippen molar-refractivity contribution in [3.63, 3.8) is 0 Å². The first-order valence-electron chi connectivity index (χ1n) is 7.85. The third-order valence-corrected chi connectivity index (χ3v) is 5.20. The van der Waals surface area contributed by atoms with Crippen LogP contribution in [-0.2, 0) is 21.3 Å². The van der Waals surface area contributed by atoms with Crippen molar-refractivity contribution in [1.82, 2.24) is 10.0 Å². The van der Waals surface area contributed by atoms with Crippen LogP contribution < -0.4 is 10.0 Å². The van der Waals surface area contributed by atoms with Crippen molar-refractivity contribution in [1.29, 1.82) is 0 Å². The highest BCUT2D eigenvalue weighted by Gasteiger charge is 2.14. The van der Waals surface area contributed by atoms with Crippen LogP contribution >= 0.6 is 0 Å². The third-order valence-electron chi connectivity index (χ3n) is 3.73. The van der Waals surface area contributed by atoms with Crippen LogP contribution in [-0.4, -0.2) is 34.6 Å². The molecule has 1 amide bonds. The van der Waals surface area contributed by atoms with Crippen molar-refractivity contribution in [2.45, 2.75) is 18.4 Å². The maximum Gasteiger partial charge on any atom is 0.251 e. The van der Waals surface area contributed by atoms with Crippen LogP contribution in [0.3, 0.4) is 0 Å². The molecule has 0 unspecified atom stereocenters. The second-order valence-electron chi connectivity index (χ2n) is 5.52. The summed E-state index contributed by atoms with van der Waals surface area (Å²) in [5.74, 6) is -0.250. The molecule has 0 saturated carbocycles. The molecule has 0 fully saturated rings. The molecule has 0 saturated heterocycles. The SMILES string of the molecule is COCCNS(=O)(=O)c1ccc(C(=O)NCc2ccccc2C)cc1. The van der Waals surface area contributed by atoms with E-state index in [0.717, 1.165) is 11.1 Å². The molecule has 0 aliphatic rings. The molecule has 7 heteroatoms. The van der Waals surface area contributed by atoms with E-state index in [2.05, 4.69) is 10.0 Å². The van der Waals surface area contributed by atoms with E-state index in [1.54, 1.807) is 0 Å². The number of hydrogen-bond acceptors (Lipinski definition) is 4. The van der Waals surface area contributed by atoms with Gasteiger partial charge in [0.1, 0.15) is 0 Å². The van der Waals surface area contributed by atoms with Crippen LogP contribution in [0.1, 0.15) is 21.5 Å². The smallest absolute Gasteiger partial charge is 0.251 e. The number of amides is 1. The number of rotatable bonds is 8. The molecule has 25 heavy (non-hydrogen) atoms. The van der Waals surface area contributed by atoms with Gasteiger partial charge in [-0.2, -0.15) is 0 Å². The number of ether oxygens (including phenoxy) is 1. The summed E-state index contributed by atoms with van der Waals surface area (Å²) in [6, 6.07) is 13.6. The van der Waals surface area contributed by atoms with Crippen molar-refractivity contribution < 1.29 is 17.9 Å².